The topological polar surface area (TPSA) is 72.5 Å². The molecule has 146 valence electrons. The van der Waals surface area contributed by atoms with Gasteiger partial charge < -0.3 is 4.74 Å². The highest BCUT2D eigenvalue weighted by Crippen LogP contribution is 2.34. The molecule has 5 nitrogen and oxygen atoms in total. The van der Waals surface area contributed by atoms with Crippen LogP contribution in [-0.2, 0) is 27.4 Å². The van der Waals surface area contributed by atoms with Crippen LogP contribution in [0.2, 0.25) is 0 Å². The molecule has 0 aromatic heterocycles. The molecule has 0 radical (unpaired) electrons. The van der Waals surface area contributed by atoms with Crippen molar-refractivity contribution in [3.05, 3.63) is 59.2 Å². The lowest BCUT2D eigenvalue weighted by molar-refractivity contribution is -0.140. The van der Waals surface area contributed by atoms with Crippen LogP contribution < -0.4 is 9.46 Å². The fraction of sp³-hybridized carbons (Fsp3) is 0.188. The van der Waals surface area contributed by atoms with Gasteiger partial charge in [0.15, 0.2) is 11.6 Å². The van der Waals surface area contributed by atoms with E-state index in [2.05, 4.69) is 4.74 Å². The second-order valence-corrected chi connectivity index (χ2v) is 6.96. The quantitative estimate of drug-likeness (QED) is 0.771. The van der Waals surface area contributed by atoms with Gasteiger partial charge in [-0.25, -0.2) is 21.9 Å². The first kappa shape index (κ1) is 20.6. The summed E-state index contributed by atoms with van der Waals surface area (Å²) in [4.78, 5) is 10.6. The molecule has 0 atom stereocenters. The molecule has 0 bridgehead atoms. The molecular formula is C16H12F5NO4S. The SMILES string of the molecule is COc1ccc(CC(=O)NS(=O)(=O)c2ccc(F)cc2C(F)(F)F)cc1F. The Hall–Kier alpha value is -2.69. The molecule has 2 rings (SSSR count). The van der Waals surface area contributed by atoms with Crippen LogP contribution in [0.4, 0.5) is 22.0 Å². The highest BCUT2D eigenvalue weighted by molar-refractivity contribution is 7.90. The first-order chi connectivity index (χ1) is 12.4. The Labute approximate surface area is 150 Å². The van der Waals surface area contributed by atoms with Gasteiger partial charge >= 0.3 is 6.18 Å². The summed E-state index contributed by atoms with van der Waals surface area (Å²) in [6, 6.07) is 4.34. The van der Waals surface area contributed by atoms with E-state index in [0.717, 1.165) is 6.07 Å². The van der Waals surface area contributed by atoms with Crippen molar-refractivity contribution in [3.8, 4) is 5.75 Å². The van der Waals surface area contributed by atoms with Gasteiger partial charge in [-0.2, -0.15) is 13.2 Å². The van der Waals surface area contributed by atoms with Gasteiger partial charge in [0, 0.05) is 0 Å². The number of benzene rings is 2. The molecule has 0 spiro atoms. The van der Waals surface area contributed by atoms with E-state index >= 15 is 0 Å². The van der Waals surface area contributed by atoms with Crippen LogP contribution in [0.3, 0.4) is 0 Å². The predicted molar refractivity (Wildman–Crippen MR) is 83.4 cm³/mol. The first-order valence-corrected chi connectivity index (χ1v) is 8.67. The molecule has 0 aliphatic carbocycles. The summed E-state index contributed by atoms with van der Waals surface area (Å²) in [6.45, 7) is 0. The minimum Gasteiger partial charge on any atom is -0.494 e. The Bertz CT molecular complexity index is 973. The zero-order chi connectivity index (χ0) is 20.4. The number of hydrogen-bond donors (Lipinski definition) is 1. The molecule has 27 heavy (non-hydrogen) atoms. The predicted octanol–water partition coefficient (Wildman–Crippen LogP) is 3.04. The van der Waals surface area contributed by atoms with Crippen LogP contribution in [0.5, 0.6) is 5.75 Å². The number of amides is 1. The third-order valence-electron chi connectivity index (χ3n) is 3.37. The standard InChI is InChI=1S/C16H12F5NO4S/c1-26-13-4-2-9(6-12(13)18)7-15(23)22-27(24,25)14-5-3-10(17)8-11(14)16(19,20)21/h2-6,8H,7H2,1H3,(H,22,23). The van der Waals surface area contributed by atoms with Crippen molar-refractivity contribution in [2.75, 3.05) is 7.11 Å². The summed E-state index contributed by atoms with van der Waals surface area (Å²) in [6.07, 6.45) is -5.78. The third kappa shape index (κ3) is 4.94. The molecule has 0 saturated heterocycles. The minimum absolute atomic E-state index is 0.0118. The summed E-state index contributed by atoms with van der Waals surface area (Å²) in [7, 11) is -3.72. The van der Waals surface area contributed by atoms with E-state index in [4.69, 9.17) is 0 Å². The van der Waals surface area contributed by atoms with E-state index in [9.17, 15) is 35.2 Å². The molecule has 0 fully saturated rings. The molecule has 2 aromatic rings. The minimum atomic E-state index is -5.16. The number of hydrogen-bond acceptors (Lipinski definition) is 4. The van der Waals surface area contributed by atoms with Crippen LogP contribution in [0.1, 0.15) is 11.1 Å². The maximum atomic E-state index is 13.6. The Balaban J connectivity index is 2.26. The van der Waals surface area contributed by atoms with Gasteiger partial charge in [-0.1, -0.05) is 6.07 Å². The Morgan fingerprint density at radius 1 is 1.11 bits per heavy atom. The summed E-state index contributed by atoms with van der Waals surface area (Å²) in [5.74, 6) is -3.39. The molecular weight excluding hydrogens is 397 g/mol. The average Bonchev–Trinajstić information content (AvgIpc) is 2.53. The van der Waals surface area contributed by atoms with Crippen LogP contribution in [0, 0.1) is 11.6 Å². The lowest BCUT2D eigenvalue weighted by atomic mass is 10.1. The molecule has 1 amide bonds. The van der Waals surface area contributed by atoms with Crippen LogP contribution in [0.15, 0.2) is 41.3 Å². The number of ether oxygens (including phenoxy) is 1. The van der Waals surface area contributed by atoms with E-state index in [0.29, 0.717) is 12.1 Å². The summed E-state index contributed by atoms with van der Waals surface area (Å²) in [5, 5.41) is 0. The van der Waals surface area contributed by atoms with E-state index in [1.54, 1.807) is 0 Å². The second kappa shape index (κ2) is 7.51. The van der Waals surface area contributed by atoms with Crippen molar-refractivity contribution < 1.29 is 39.9 Å². The van der Waals surface area contributed by atoms with Gasteiger partial charge in [0.1, 0.15) is 5.82 Å². The first-order valence-electron chi connectivity index (χ1n) is 7.19. The Kier molecular flexibility index (Phi) is 5.73. The zero-order valence-corrected chi connectivity index (χ0v) is 14.4. The Morgan fingerprint density at radius 3 is 2.33 bits per heavy atom. The fourth-order valence-corrected chi connectivity index (χ4v) is 3.40. The molecule has 0 saturated carbocycles. The van der Waals surface area contributed by atoms with Gasteiger partial charge in [-0.3, -0.25) is 4.79 Å². The van der Waals surface area contributed by atoms with E-state index in [1.165, 1.54) is 24.0 Å². The third-order valence-corrected chi connectivity index (χ3v) is 4.80. The number of carbonyl (C=O) groups excluding carboxylic acids is 1. The number of sulfonamides is 1. The Morgan fingerprint density at radius 2 is 1.78 bits per heavy atom. The molecule has 0 aliphatic heterocycles. The molecule has 0 unspecified atom stereocenters. The lowest BCUT2D eigenvalue weighted by Crippen LogP contribution is -2.33. The molecule has 2 aromatic carbocycles. The van der Waals surface area contributed by atoms with Crippen LogP contribution >= 0.6 is 0 Å². The van der Waals surface area contributed by atoms with Crippen molar-refractivity contribution in [2.24, 2.45) is 0 Å². The monoisotopic (exact) mass is 409 g/mol. The van der Waals surface area contributed by atoms with Crippen molar-refractivity contribution >= 4 is 15.9 Å². The number of nitrogens with one attached hydrogen (secondary N) is 1. The van der Waals surface area contributed by atoms with E-state index in [-0.39, 0.29) is 17.4 Å². The summed E-state index contributed by atoms with van der Waals surface area (Å²) in [5.41, 5.74) is -1.69. The van der Waals surface area contributed by atoms with Gasteiger partial charge in [0.05, 0.1) is 24.0 Å². The molecule has 1 N–H and O–H groups in total. The lowest BCUT2D eigenvalue weighted by Gasteiger charge is -2.14. The maximum absolute atomic E-state index is 13.6. The van der Waals surface area contributed by atoms with Gasteiger partial charge in [0.2, 0.25) is 5.91 Å². The highest BCUT2D eigenvalue weighted by Gasteiger charge is 2.38. The number of alkyl halides is 3. The summed E-state index contributed by atoms with van der Waals surface area (Å²) >= 11 is 0. The largest absolute Gasteiger partial charge is 0.494 e. The number of carbonyl (C=O) groups is 1. The van der Waals surface area contributed by atoms with Crippen LogP contribution in [-0.4, -0.2) is 21.4 Å². The van der Waals surface area contributed by atoms with E-state index < -0.39 is 50.6 Å². The van der Waals surface area contributed by atoms with Crippen molar-refractivity contribution in [2.45, 2.75) is 17.5 Å². The molecule has 0 heterocycles. The van der Waals surface area contributed by atoms with Gasteiger partial charge in [-0.15, -0.1) is 0 Å². The molecule has 0 aliphatic rings. The smallest absolute Gasteiger partial charge is 0.417 e. The van der Waals surface area contributed by atoms with Crippen LogP contribution in [0.25, 0.3) is 0 Å². The summed E-state index contributed by atoms with van der Waals surface area (Å²) < 4.78 is 96.0. The zero-order valence-electron chi connectivity index (χ0n) is 13.6. The van der Waals surface area contributed by atoms with E-state index in [1.807, 2.05) is 0 Å². The van der Waals surface area contributed by atoms with Crippen molar-refractivity contribution in [1.29, 1.82) is 0 Å². The van der Waals surface area contributed by atoms with Crippen molar-refractivity contribution in [3.63, 3.8) is 0 Å². The average molecular weight is 409 g/mol. The van der Waals surface area contributed by atoms with Crippen molar-refractivity contribution in [1.82, 2.24) is 4.72 Å². The number of methoxy groups -OCH3 is 1. The highest BCUT2D eigenvalue weighted by atomic mass is 32.2. The number of rotatable bonds is 5. The normalized spacial score (nSPS) is 11.9. The molecule has 11 heteroatoms. The van der Waals surface area contributed by atoms with Gasteiger partial charge in [-0.05, 0) is 35.9 Å². The second-order valence-electron chi connectivity index (χ2n) is 5.31. The van der Waals surface area contributed by atoms with Gasteiger partial charge in [0.25, 0.3) is 10.0 Å². The number of halogens is 5. The maximum Gasteiger partial charge on any atom is 0.417 e. The fourth-order valence-electron chi connectivity index (χ4n) is 2.20.